The highest BCUT2D eigenvalue weighted by atomic mass is 16.3. The standard InChI is InChI=1S/C20H28O4/c1-10(2)13-16(22)14-11(21)9-12-19(3,4)7-6-8-20(12,5)15(14)18(24)17(13)23/h10-12,21-22H,6-9H2,1-5H3/t11-,12+,20-/m1/s1. The van der Waals surface area contributed by atoms with Crippen LogP contribution in [0.5, 0.6) is 0 Å². The van der Waals surface area contributed by atoms with Crippen molar-refractivity contribution in [2.75, 3.05) is 0 Å². The monoisotopic (exact) mass is 332 g/mol. The molecule has 0 aliphatic heterocycles. The third kappa shape index (κ3) is 2.15. The third-order valence-corrected chi connectivity index (χ3v) is 6.63. The molecule has 0 spiro atoms. The van der Waals surface area contributed by atoms with Crippen molar-refractivity contribution in [3.05, 3.63) is 22.5 Å². The van der Waals surface area contributed by atoms with E-state index in [2.05, 4.69) is 13.8 Å². The van der Waals surface area contributed by atoms with Gasteiger partial charge in [-0.05, 0) is 36.5 Å². The quantitative estimate of drug-likeness (QED) is 0.569. The molecule has 132 valence electrons. The van der Waals surface area contributed by atoms with Crippen molar-refractivity contribution in [3.63, 3.8) is 0 Å². The van der Waals surface area contributed by atoms with E-state index in [0.29, 0.717) is 17.6 Å². The molecule has 0 saturated heterocycles. The Hall–Kier alpha value is -1.42. The van der Waals surface area contributed by atoms with Crippen LogP contribution in [0.3, 0.4) is 0 Å². The van der Waals surface area contributed by atoms with Crippen LogP contribution in [0.25, 0.3) is 0 Å². The molecule has 0 amide bonds. The van der Waals surface area contributed by atoms with E-state index in [9.17, 15) is 19.8 Å². The largest absolute Gasteiger partial charge is 0.507 e. The molecule has 0 aromatic rings. The first-order valence-electron chi connectivity index (χ1n) is 8.97. The van der Waals surface area contributed by atoms with E-state index < -0.39 is 23.1 Å². The predicted octanol–water partition coefficient (Wildman–Crippen LogP) is 3.50. The lowest BCUT2D eigenvalue weighted by atomic mass is 9.48. The van der Waals surface area contributed by atoms with Crippen LogP contribution in [-0.2, 0) is 9.59 Å². The maximum Gasteiger partial charge on any atom is 0.233 e. The van der Waals surface area contributed by atoms with Gasteiger partial charge in [0.15, 0.2) is 0 Å². The molecule has 0 aromatic heterocycles. The number of ketones is 2. The second-order valence-corrected chi connectivity index (χ2v) is 8.93. The highest BCUT2D eigenvalue weighted by molar-refractivity contribution is 6.50. The van der Waals surface area contributed by atoms with Crippen molar-refractivity contribution >= 4 is 11.6 Å². The van der Waals surface area contributed by atoms with E-state index in [-0.39, 0.29) is 28.6 Å². The number of hydrogen-bond donors (Lipinski definition) is 2. The number of carbonyl (C=O) groups excluding carboxylic acids is 2. The zero-order valence-electron chi connectivity index (χ0n) is 15.3. The molecule has 1 saturated carbocycles. The average molecular weight is 332 g/mol. The van der Waals surface area contributed by atoms with Crippen LogP contribution >= 0.6 is 0 Å². The smallest absolute Gasteiger partial charge is 0.233 e. The minimum Gasteiger partial charge on any atom is -0.507 e. The van der Waals surface area contributed by atoms with Crippen LogP contribution in [0.4, 0.5) is 0 Å². The molecule has 3 aliphatic carbocycles. The lowest BCUT2D eigenvalue weighted by Gasteiger charge is -2.56. The zero-order valence-corrected chi connectivity index (χ0v) is 15.3. The van der Waals surface area contributed by atoms with Crippen LogP contribution in [-0.4, -0.2) is 27.9 Å². The van der Waals surface area contributed by atoms with Gasteiger partial charge >= 0.3 is 0 Å². The average Bonchev–Trinajstić information content (AvgIpc) is 2.45. The number of allylic oxidation sites excluding steroid dienone is 2. The maximum atomic E-state index is 13.0. The summed E-state index contributed by atoms with van der Waals surface area (Å²) >= 11 is 0. The highest BCUT2D eigenvalue weighted by Gasteiger charge is 2.57. The maximum absolute atomic E-state index is 13.0. The summed E-state index contributed by atoms with van der Waals surface area (Å²) in [4.78, 5) is 25.6. The molecule has 3 aliphatic rings. The number of carbonyl (C=O) groups is 2. The van der Waals surface area contributed by atoms with Crippen molar-refractivity contribution in [2.45, 2.75) is 66.4 Å². The van der Waals surface area contributed by atoms with Crippen LogP contribution in [0.15, 0.2) is 22.5 Å². The van der Waals surface area contributed by atoms with Gasteiger partial charge in [-0.15, -0.1) is 0 Å². The summed E-state index contributed by atoms with van der Waals surface area (Å²) in [5.74, 6) is -1.40. The first-order chi connectivity index (χ1) is 11.0. The summed E-state index contributed by atoms with van der Waals surface area (Å²) in [6.45, 7) is 9.96. The third-order valence-electron chi connectivity index (χ3n) is 6.63. The Morgan fingerprint density at radius 2 is 1.71 bits per heavy atom. The van der Waals surface area contributed by atoms with E-state index >= 15 is 0 Å². The van der Waals surface area contributed by atoms with Gasteiger partial charge < -0.3 is 10.2 Å². The topological polar surface area (TPSA) is 74.6 Å². The van der Waals surface area contributed by atoms with Crippen molar-refractivity contribution < 1.29 is 19.8 Å². The Kier molecular flexibility index (Phi) is 3.83. The summed E-state index contributed by atoms with van der Waals surface area (Å²) in [5.41, 5.74) is 0.383. The summed E-state index contributed by atoms with van der Waals surface area (Å²) in [5, 5.41) is 21.5. The van der Waals surface area contributed by atoms with Gasteiger partial charge in [0.25, 0.3) is 0 Å². The zero-order chi connectivity index (χ0) is 18.0. The Morgan fingerprint density at radius 3 is 2.29 bits per heavy atom. The van der Waals surface area contributed by atoms with Gasteiger partial charge in [0.1, 0.15) is 5.76 Å². The fourth-order valence-corrected chi connectivity index (χ4v) is 5.50. The second-order valence-electron chi connectivity index (χ2n) is 8.93. The number of fused-ring (bicyclic) bond motifs is 2. The SMILES string of the molecule is CC(C)C1=C(O)C2=C(C(=O)C1=O)[C@]1(C)CCCC(C)(C)[C@@H]1C[C@H]2O. The molecular formula is C20H28O4. The number of hydrogen-bond acceptors (Lipinski definition) is 4. The van der Waals surface area contributed by atoms with Gasteiger partial charge in [0.05, 0.1) is 6.10 Å². The van der Waals surface area contributed by atoms with Gasteiger partial charge in [-0.3, -0.25) is 9.59 Å². The number of Topliss-reactive ketones (excluding diaryl/α,β-unsaturated/α-hetero) is 2. The summed E-state index contributed by atoms with van der Waals surface area (Å²) < 4.78 is 0. The summed E-state index contributed by atoms with van der Waals surface area (Å²) in [6, 6.07) is 0. The fraction of sp³-hybridized carbons (Fsp3) is 0.700. The van der Waals surface area contributed by atoms with Gasteiger partial charge in [-0.1, -0.05) is 41.0 Å². The fourth-order valence-electron chi connectivity index (χ4n) is 5.50. The molecule has 2 N–H and O–H groups in total. The lowest BCUT2D eigenvalue weighted by Crippen LogP contribution is -2.52. The van der Waals surface area contributed by atoms with Crippen molar-refractivity contribution in [1.82, 2.24) is 0 Å². The van der Waals surface area contributed by atoms with Gasteiger partial charge in [-0.2, -0.15) is 0 Å². The van der Waals surface area contributed by atoms with E-state index in [1.54, 1.807) is 13.8 Å². The Labute approximate surface area is 143 Å². The number of aliphatic hydroxyl groups is 2. The molecule has 4 heteroatoms. The molecule has 0 bridgehead atoms. The molecular weight excluding hydrogens is 304 g/mol. The molecule has 3 rings (SSSR count). The molecule has 0 heterocycles. The summed E-state index contributed by atoms with van der Waals surface area (Å²) in [7, 11) is 0. The first-order valence-corrected chi connectivity index (χ1v) is 8.97. The second kappa shape index (κ2) is 5.29. The number of aliphatic hydroxyl groups excluding tert-OH is 2. The van der Waals surface area contributed by atoms with Crippen molar-refractivity contribution in [3.8, 4) is 0 Å². The first kappa shape index (κ1) is 17.4. The van der Waals surface area contributed by atoms with E-state index in [0.717, 1.165) is 19.3 Å². The molecule has 0 unspecified atom stereocenters. The molecule has 0 aromatic carbocycles. The molecule has 3 atom stereocenters. The van der Waals surface area contributed by atoms with E-state index in [1.807, 2.05) is 6.92 Å². The van der Waals surface area contributed by atoms with Crippen molar-refractivity contribution in [2.24, 2.45) is 22.7 Å². The van der Waals surface area contributed by atoms with Crippen LogP contribution in [0, 0.1) is 22.7 Å². The molecule has 24 heavy (non-hydrogen) atoms. The minimum atomic E-state index is -0.888. The van der Waals surface area contributed by atoms with Gasteiger partial charge in [0, 0.05) is 22.1 Å². The van der Waals surface area contributed by atoms with E-state index in [1.165, 1.54) is 0 Å². The Morgan fingerprint density at radius 1 is 1.08 bits per heavy atom. The highest BCUT2D eigenvalue weighted by Crippen LogP contribution is 2.61. The normalized spacial score (nSPS) is 36.1. The van der Waals surface area contributed by atoms with Gasteiger partial charge in [0.2, 0.25) is 11.6 Å². The number of rotatable bonds is 1. The molecule has 0 radical (unpaired) electrons. The summed E-state index contributed by atoms with van der Waals surface area (Å²) in [6.07, 6.45) is 2.48. The van der Waals surface area contributed by atoms with Crippen molar-refractivity contribution in [1.29, 1.82) is 0 Å². The molecule has 4 nitrogen and oxygen atoms in total. The van der Waals surface area contributed by atoms with Crippen LogP contribution in [0.2, 0.25) is 0 Å². The van der Waals surface area contributed by atoms with Crippen LogP contribution < -0.4 is 0 Å². The Balaban J connectivity index is 2.27. The Bertz CT molecular complexity index is 680. The molecule has 1 fully saturated rings. The minimum absolute atomic E-state index is 0.00645. The predicted molar refractivity (Wildman–Crippen MR) is 91.4 cm³/mol. The lowest BCUT2D eigenvalue weighted by molar-refractivity contribution is -0.135. The van der Waals surface area contributed by atoms with E-state index in [4.69, 9.17) is 0 Å². The van der Waals surface area contributed by atoms with Gasteiger partial charge in [-0.25, -0.2) is 0 Å². The van der Waals surface area contributed by atoms with Crippen LogP contribution in [0.1, 0.15) is 60.3 Å².